The fourth-order valence-corrected chi connectivity index (χ4v) is 2.84. The van der Waals surface area contributed by atoms with E-state index in [0.717, 1.165) is 18.1 Å². The molecule has 1 aliphatic carbocycles. The second kappa shape index (κ2) is 7.54. The quantitative estimate of drug-likeness (QED) is 0.603. The summed E-state index contributed by atoms with van der Waals surface area (Å²) < 4.78 is 37.3. The fourth-order valence-electron chi connectivity index (χ4n) is 2.84. The van der Waals surface area contributed by atoms with Gasteiger partial charge in [0.2, 0.25) is 0 Å². The topological polar surface area (TPSA) is 0 Å². The van der Waals surface area contributed by atoms with Crippen LogP contribution in [-0.4, -0.2) is 0 Å². The van der Waals surface area contributed by atoms with E-state index in [-0.39, 0.29) is 0 Å². The highest BCUT2D eigenvalue weighted by Gasteiger charge is 2.29. The minimum atomic E-state index is -4.29. The van der Waals surface area contributed by atoms with Gasteiger partial charge in [0.25, 0.3) is 0 Å². The zero-order valence-electron chi connectivity index (χ0n) is 12.8. The van der Waals surface area contributed by atoms with Gasteiger partial charge in [-0.1, -0.05) is 31.3 Å². The largest absolute Gasteiger partial charge is 0.416 e. The van der Waals surface area contributed by atoms with Gasteiger partial charge in [-0.3, -0.25) is 0 Å². The number of benzene rings is 1. The van der Waals surface area contributed by atoms with Crippen molar-refractivity contribution < 1.29 is 13.2 Å². The lowest BCUT2D eigenvalue weighted by Gasteiger charge is -2.25. The molecule has 2 rings (SSSR count). The van der Waals surface area contributed by atoms with E-state index in [1.165, 1.54) is 44.2 Å². The summed E-state index contributed by atoms with van der Waals surface area (Å²) in [6.45, 7) is 2.25. The molecule has 3 heteroatoms. The number of hydrogen-bond acceptors (Lipinski definition) is 0. The Morgan fingerprint density at radius 2 is 1.73 bits per heavy atom. The number of rotatable bonds is 2. The summed E-state index contributed by atoms with van der Waals surface area (Å²) >= 11 is 0. The van der Waals surface area contributed by atoms with Crippen molar-refractivity contribution in [2.24, 2.45) is 11.8 Å². The normalized spacial score (nSPS) is 22.4. The maximum atomic E-state index is 12.4. The first-order valence-corrected chi connectivity index (χ1v) is 7.84. The average molecular weight is 306 g/mol. The molecular weight excluding hydrogens is 285 g/mol. The Hall–Kier alpha value is -1.69. The molecule has 0 radical (unpaired) electrons. The van der Waals surface area contributed by atoms with E-state index < -0.39 is 11.7 Å². The minimum absolute atomic E-state index is 0.602. The van der Waals surface area contributed by atoms with Gasteiger partial charge in [-0.25, -0.2) is 0 Å². The smallest absolute Gasteiger partial charge is 0.166 e. The molecule has 0 N–H and O–H groups in total. The van der Waals surface area contributed by atoms with E-state index in [9.17, 15) is 13.2 Å². The van der Waals surface area contributed by atoms with Crippen LogP contribution in [0, 0.1) is 23.7 Å². The molecule has 0 aromatic heterocycles. The van der Waals surface area contributed by atoms with Crippen molar-refractivity contribution in [3.8, 4) is 11.8 Å². The van der Waals surface area contributed by atoms with Gasteiger partial charge in [0.15, 0.2) is 0 Å². The average Bonchev–Trinajstić information content (AvgIpc) is 2.52. The standard InChI is InChI=1S/C19H21F3/c1-2-15-7-9-16(10-8-15)5-3-4-6-17-11-13-18(14-12-17)19(20,21)22/h3,5,11-16H,2,7-10H2,1H3/b5-3+/t15-,16-. The summed E-state index contributed by atoms with van der Waals surface area (Å²) in [4.78, 5) is 0. The zero-order chi connectivity index (χ0) is 16.0. The summed E-state index contributed by atoms with van der Waals surface area (Å²) in [6.07, 6.45) is 5.98. The van der Waals surface area contributed by atoms with Crippen molar-refractivity contribution in [1.82, 2.24) is 0 Å². The molecule has 0 aliphatic heterocycles. The van der Waals surface area contributed by atoms with Crippen LogP contribution in [0.5, 0.6) is 0 Å². The van der Waals surface area contributed by atoms with Gasteiger partial charge in [0.05, 0.1) is 5.56 Å². The van der Waals surface area contributed by atoms with Gasteiger partial charge >= 0.3 is 6.18 Å². The van der Waals surface area contributed by atoms with Gasteiger partial charge in [0, 0.05) is 5.56 Å². The molecule has 0 heterocycles. The minimum Gasteiger partial charge on any atom is -0.166 e. The summed E-state index contributed by atoms with van der Waals surface area (Å²) in [7, 11) is 0. The second-order valence-electron chi connectivity index (χ2n) is 5.89. The van der Waals surface area contributed by atoms with E-state index in [4.69, 9.17) is 0 Å². The molecule has 118 valence electrons. The molecule has 1 aromatic rings. The molecule has 0 unspecified atom stereocenters. The number of hydrogen-bond donors (Lipinski definition) is 0. The van der Waals surface area contributed by atoms with E-state index in [0.29, 0.717) is 11.5 Å². The first-order chi connectivity index (χ1) is 10.5. The Bertz CT molecular complexity index is 547. The molecule has 0 saturated heterocycles. The molecule has 1 fully saturated rings. The van der Waals surface area contributed by atoms with Crippen LogP contribution in [-0.2, 0) is 6.18 Å². The monoisotopic (exact) mass is 306 g/mol. The molecule has 22 heavy (non-hydrogen) atoms. The van der Waals surface area contributed by atoms with Crippen LogP contribution < -0.4 is 0 Å². The van der Waals surface area contributed by atoms with Gasteiger partial charge < -0.3 is 0 Å². The third-order valence-corrected chi connectivity index (χ3v) is 4.35. The Morgan fingerprint density at radius 3 is 2.27 bits per heavy atom. The highest BCUT2D eigenvalue weighted by molar-refractivity contribution is 5.39. The third kappa shape index (κ3) is 4.94. The lowest BCUT2D eigenvalue weighted by molar-refractivity contribution is -0.137. The van der Waals surface area contributed by atoms with Crippen LogP contribution in [0.25, 0.3) is 0 Å². The van der Waals surface area contributed by atoms with Crippen molar-refractivity contribution in [2.75, 3.05) is 0 Å². The predicted octanol–water partition coefficient (Wildman–Crippen LogP) is 5.83. The van der Waals surface area contributed by atoms with Crippen LogP contribution in [0.2, 0.25) is 0 Å². The number of alkyl halides is 3. The van der Waals surface area contributed by atoms with Crippen LogP contribution in [0.3, 0.4) is 0 Å². The lowest BCUT2D eigenvalue weighted by Crippen LogP contribution is -2.11. The first-order valence-electron chi connectivity index (χ1n) is 7.84. The SMILES string of the molecule is CC[C@H]1CC[C@H](/C=C/C#Cc2ccc(C(F)(F)F)cc2)CC1. The Labute approximate surface area is 130 Å². The maximum absolute atomic E-state index is 12.4. The third-order valence-electron chi connectivity index (χ3n) is 4.35. The molecule has 0 amide bonds. The first kappa shape index (κ1) is 16.7. The number of halogens is 3. The number of allylic oxidation sites excluding steroid dienone is 2. The fraction of sp³-hybridized carbons (Fsp3) is 0.474. The van der Waals surface area contributed by atoms with Crippen LogP contribution in [0.4, 0.5) is 13.2 Å². The van der Waals surface area contributed by atoms with E-state index in [2.05, 4.69) is 24.8 Å². The Balaban J connectivity index is 1.87. The maximum Gasteiger partial charge on any atom is 0.416 e. The lowest BCUT2D eigenvalue weighted by atomic mass is 9.81. The van der Waals surface area contributed by atoms with Gasteiger partial charge in [-0.15, -0.1) is 0 Å². The molecule has 0 spiro atoms. The highest BCUT2D eigenvalue weighted by Crippen LogP contribution is 2.31. The molecule has 0 bridgehead atoms. The van der Waals surface area contributed by atoms with E-state index >= 15 is 0 Å². The van der Waals surface area contributed by atoms with Crippen molar-refractivity contribution in [3.63, 3.8) is 0 Å². The summed E-state index contributed by atoms with van der Waals surface area (Å²) in [5.74, 6) is 7.28. The highest BCUT2D eigenvalue weighted by atomic mass is 19.4. The van der Waals surface area contributed by atoms with Crippen molar-refractivity contribution >= 4 is 0 Å². The van der Waals surface area contributed by atoms with Crippen molar-refractivity contribution in [1.29, 1.82) is 0 Å². The molecule has 0 nitrogen and oxygen atoms in total. The van der Waals surface area contributed by atoms with Crippen molar-refractivity contribution in [3.05, 3.63) is 47.5 Å². The summed E-state index contributed by atoms with van der Waals surface area (Å²) in [5.41, 5.74) is -0.0337. The molecule has 1 aromatic carbocycles. The Morgan fingerprint density at radius 1 is 1.09 bits per heavy atom. The molecular formula is C19H21F3. The van der Waals surface area contributed by atoms with Crippen molar-refractivity contribution in [2.45, 2.75) is 45.2 Å². The van der Waals surface area contributed by atoms with Crippen LogP contribution >= 0.6 is 0 Å². The van der Waals surface area contributed by atoms with Gasteiger partial charge in [-0.2, -0.15) is 13.2 Å². The molecule has 1 saturated carbocycles. The molecule has 1 aliphatic rings. The van der Waals surface area contributed by atoms with E-state index in [1.807, 2.05) is 6.08 Å². The zero-order valence-corrected chi connectivity index (χ0v) is 12.8. The Kier molecular flexibility index (Phi) is 5.71. The predicted molar refractivity (Wildman–Crippen MR) is 83.2 cm³/mol. The summed E-state index contributed by atoms with van der Waals surface area (Å²) in [6, 6.07) is 4.96. The second-order valence-corrected chi connectivity index (χ2v) is 5.89. The van der Waals surface area contributed by atoms with Crippen LogP contribution in [0.15, 0.2) is 36.4 Å². The molecule has 0 atom stereocenters. The van der Waals surface area contributed by atoms with Gasteiger partial charge in [-0.05, 0) is 67.9 Å². The van der Waals surface area contributed by atoms with E-state index in [1.54, 1.807) is 0 Å². The van der Waals surface area contributed by atoms with Gasteiger partial charge in [0.1, 0.15) is 0 Å². The van der Waals surface area contributed by atoms with Crippen LogP contribution in [0.1, 0.15) is 50.2 Å². The summed E-state index contributed by atoms with van der Waals surface area (Å²) in [5, 5.41) is 0.